The third kappa shape index (κ3) is 8.08. The minimum Gasteiger partial charge on any atom is -0.375 e. The number of aromatic amines is 1. The van der Waals surface area contributed by atoms with E-state index in [1.54, 1.807) is 0 Å². The van der Waals surface area contributed by atoms with E-state index in [0.717, 1.165) is 21.6 Å². The number of aryl methyl sites for hydroxylation is 1. The normalized spacial score (nSPS) is 17.5. The predicted octanol–water partition coefficient (Wildman–Crippen LogP) is 2.74. The second-order valence-electron chi connectivity index (χ2n) is 12.6. The summed E-state index contributed by atoms with van der Waals surface area (Å²) >= 11 is 4.29. The zero-order valence-electron chi connectivity index (χ0n) is 27.2. The molecule has 6 rings (SSSR count). The average Bonchev–Trinajstić information content (AvgIpc) is 3.67. The predicted molar refractivity (Wildman–Crippen MR) is 189 cm³/mol. The van der Waals surface area contributed by atoms with Gasteiger partial charge in [0.25, 0.3) is 11.4 Å². The minimum absolute atomic E-state index is 0.0174. The number of rotatable bonds is 13. The fourth-order valence-corrected chi connectivity index (χ4v) is 7.11. The van der Waals surface area contributed by atoms with Crippen LogP contribution in [0.15, 0.2) is 71.6 Å². The molecule has 2 aliphatic rings. The van der Waals surface area contributed by atoms with Gasteiger partial charge >= 0.3 is 7.60 Å². The highest BCUT2D eigenvalue weighted by Crippen LogP contribution is 2.40. The van der Waals surface area contributed by atoms with Crippen molar-refractivity contribution in [3.63, 3.8) is 0 Å². The highest BCUT2D eigenvalue weighted by atomic mass is 32.1. The van der Waals surface area contributed by atoms with Crippen LogP contribution in [-0.4, -0.2) is 68.7 Å². The summed E-state index contributed by atoms with van der Waals surface area (Å²) < 4.78 is 17.3. The number of anilines is 1. The summed E-state index contributed by atoms with van der Waals surface area (Å²) in [5, 5.41) is 6.12. The van der Waals surface area contributed by atoms with Crippen molar-refractivity contribution in [3.05, 3.63) is 94.7 Å². The summed E-state index contributed by atoms with van der Waals surface area (Å²) in [6, 6.07) is 15.9. The first-order chi connectivity index (χ1) is 24.3. The Bertz CT molecular complexity index is 2080. The lowest BCUT2D eigenvalue weighted by Gasteiger charge is -2.29. The van der Waals surface area contributed by atoms with Crippen molar-refractivity contribution in [1.82, 2.24) is 15.6 Å². The number of thiol groups is 1. The maximum atomic E-state index is 14.2. The summed E-state index contributed by atoms with van der Waals surface area (Å²) in [7, 11) is -5.01. The number of aromatic nitrogens is 1. The van der Waals surface area contributed by atoms with Crippen LogP contribution in [0, 0.1) is 0 Å². The molecule has 3 atom stereocenters. The van der Waals surface area contributed by atoms with Crippen LogP contribution in [0.2, 0.25) is 0 Å². The molecule has 0 bridgehead atoms. The van der Waals surface area contributed by atoms with Gasteiger partial charge in [0.2, 0.25) is 17.7 Å². The number of fused-ring (bicyclic) bond motifs is 1. The monoisotopic (exact) mass is 733 g/mol. The number of benzene rings is 3. The molecule has 0 saturated heterocycles. The Kier molecular flexibility index (Phi) is 10.5. The summed E-state index contributed by atoms with van der Waals surface area (Å²) in [6.07, 6.45) is 1.21. The maximum Gasteiger partial charge on any atom is 0.396 e. The number of H-pyrrole nitrogens is 1. The SMILES string of the molecule is NC(=O)CC[C@@H](COCc1ccc(S)cc1)NC(=O)[C@@H]1Cc2cccc3c2N1C(=O)[C@@H](NC(=O)c1cc2cc(C(=O)P(=O)(O)O)ccc2[nH]1)CC3. The molecule has 1 aromatic heterocycles. The van der Waals surface area contributed by atoms with E-state index >= 15 is 0 Å². The van der Waals surface area contributed by atoms with E-state index in [2.05, 4.69) is 28.2 Å². The second kappa shape index (κ2) is 14.8. The van der Waals surface area contributed by atoms with Gasteiger partial charge in [-0.25, -0.2) is 0 Å². The Morgan fingerprint density at radius 3 is 2.53 bits per heavy atom. The van der Waals surface area contributed by atoms with Crippen molar-refractivity contribution < 1.29 is 43.1 Å². The molecule has 3 aromatic carbocycles. The number of primary amides is 1. The molecule has 51 heavy (non-hydrogen) atoms. The molecule has 0 saturated carbocycles. The topological polar surface area (TPSA) is 221 Å². The van der Waals surface area contributed by atoms with Gasteiger partial charge in [0, 0.05) is 34.2 Å². The Hall–Kier alpha value is -4.79. The number of carbonyl (C=O) groups is 5. The highest BCUT2D eigenvalue weighted by Gasteiger charge is 2.44. The number of nitrogens with two attached hydrogens (primary N) is 1. The maximum absolute atomic E-state index is 14.2. The van der Waals surface area contributed by atoms with E-state index in [-0.39, 0.29) is 50.2 Å². The van der Waals surface area contributed by atoms with Crippen molar-refractivity contribution in [2.75, 3.05) is 11.5 Å². The number of amides is 4. The minimum atomic E-state index is -5.01. The van der Waals surface area contributed by atoms with Crippen LogP contribution < -0.4 is 21.3 Å². The molecule has 0 spiro atoms. The smallest absolute Gasteiger partial charge is 0.375 e. The number of ether oxygens (including phenoxy) is 1. The molecule has 16 heteroatoms. The van der Waals surface area contributed by atoms with Crippen LogP contribution in [0.3, 0.4) is 0 Å². The summed E-state index contributed by atoms with van der Waals surface area (Å²) in [5.74, 6) is -2.05. The van der Waals surface area contributed by atoms with Gasteiger partial charge in [-0.1, -0.05) is 30.3 Å². The molecular formula is C35H36N5O9PS. The number of para-hydroxylation sites is 1. The van der Waals surface area contributed by atoms with Crippen LogP contribution >= 0.6 is 20.2 Å². The summed E-state index contributed by atoms with van der Waals surface area (Å²) in [6.45, 7) is 0.364. The molecule has 0 unspecified atom stereocenters. The van der Waals surface area contributed by atoms with Crippen LogP contribution in [0.1, 0.15) is 56.8 Å². The van der Waals surface area contributed by atoms with E-state index in [0.29, 0.717) is 23.0 Å². The zero-order valence-corrected chi connectivity index (χ0v) is 29.0. The van der Waals surface area contributed by atoms with Gasteiger partial charge in [-0.15, -0.1) is 12.6 Å². The fraction of sp³-hybridized carbons (Fsp3) is 0.286. The average molecular weight is 734 g/mol. The van der Waals surface area contributed by atoms with Crippen molar-refractivity contribution >= 4 is 66.0 Å². The number of nitrogens with one attached hydrogen (secondary N) is 3. The highest BCUT2D eigenvalue weighted by molar-refractivity contribution is 7.80. The molecule has 4 aromatic rings. The number of hydrogen-bond donors (Lipinski definition) is 7. The third-order valence-electron chi connectivity index (χ3n) is 9.00. The van der Waals surface area contributed by atoms with Crippen molar-refractivity contribution in [3.8, 4) is 0 Å². The van der Waals surface area contributed by atoms with Gasteiger partial charge in [0.1, 0.15) is 17.8 Å². The molecule has 2 aliphatic heterocycles. The first-order valence-electron chi connectivity index (χ1n) is 16.2. The lowest BCUT2D eigenvalue weighted by Crippen LogP contribution is -2.56. The summed E-state index contributed by atoms with van der Waals surface area (Å²) in [4.78, 5) is 89.1. The summed E-state index contributed by atoms with van der Waals surface area (Å²) in [5.41, 5.74) is 7.60. The number of carbonyl (C=O) groups excluding carboxylic acids is 5. The number of hydrogen-bond acceptors (Lipinski definition) is 8. The van der Waals surface area contributed by atoms with E-state index in [1.165, 1.54) is 29.2 Å². The van der Waals surface area contributed by atoms with E-state index < -0.39 is 54.9 Å². The molecule has 0 radical (unpaired) electrons. The Morgan fingerprint density at radius 2 is 1.80 bits per heavy atom. The molecule has 0 fully saturated rings. The fourth-order valence-electron chi connectivity index (χ4n) is 6.49. The molecule has 14 nitrogen and oxygen atoms in total. The molecule has 7 N–H and O–H groups in total. The van der Waals surface area contributed by atoms with Crippen LogP contribution in [0.4, 0.5) is 5.69 Å². The van der Waals surface area contributed by atoms with Crippen molar-refractivity contribution in [2.24, 2.45) is 5.73 Å². The first-order valence-corrected chi connectivity index (χ1v) is 18.3. The Balaban J connectivity index is 1.18. The third-order valence-corrected chi connectivity index (χ3v) is 10.1. The van der Waals surface area contributed by atoms with Gasteiger partial charge < -0.3 is 35.9 Å². The lowest BCUT2D eigenvalue weighted by molar-refractivity contribution is -0.127. The Morgan fingerprint density at radius 1 is 1.06 bits per heavy atom. The molecule has 266 valence electrons. The standard InChI is InChI=1S/C35H36N5O9PS/c36-30(41)13-8-24(18-49-17-19-4-9-25(51)10-5-19)37-33(43)29-16-21-3-1-2-20-6-12-27(34(44)40(29)31(20)21)39-32(42)28-15-23-14-22(7-11-26(23)38-28)35(45)50(46,47)48/h1-5,7,9-11,14-15,24,27,29,38,51H,6,8,12-13,16-18H2,(H2,36,41)(H,37,43)(H,39,42)(H2,46,47,48)/t24-,27-,29-/m0/s1. The van der Waals surface area contributed by atoms with E-state index in [4.69, 9.17) is 10.5 Å². The van der Waals surface area contributed by atoms with Gasteiger partial charge in [-0.2, -0.15) is 0 Å². The quantitative estimate of drug-likeness (QED) is 0.0792. The van der Waals surface area contributed by atoms with Gasteiger partial charge in [-0.3, -0.25) is 33.4 Å². The molecule has 3 heterocycles. The first kappa shape index (κ1) is 36.0. The molecule has 4 amide bonds. The molecule has 0 aliphatic carbocycles. The largest absolute Gasteiger partial charge is 0.396 e. The van der Waals surface area contributed by atoms with Gasteiger partial charge in [-0.05, 0) is 72.4 Å². The zero-order chi connectivity index (χ0) is 36.4. The Labute approximate surface area is 297 Å². The second-order valence-corrected chi connectivity index (χ2v) is 14.7. The van der Waals surface area contributed by atoms with Gasteiger partial charge in [0.05, 0.1) is 24.9 Å². The lowest BCUT2D eigenvalue weighted by atomic mass is 10.0. The number of nitrogens with zero attached hydrogens (tertiary/aromatic N) is 1. The van der Waals surface area contributed by atoms with Gasteiger partial charge in [0.15, 0.2) is 0 Å². The van der Waals surface area contributed by atoms with Crippen molar-refractivity contribution in [1.29, 1.82) is 0 Å². The van der Waals surface area contributed by atoms with Crippen molar-refractivity contribution in [2.45, 2.75) is 61.7 Å². The molecular weight excluding hydrogens is 697 g/mol. The van der Waals surface area contributed by atoms with E-state index in [1.807, 2.05) is 42.5 Å². The van der Waals surface area contributed by atoms with Crippen LogP contribution in [0.25, 0.3) is 10.9 Å². The van der Waals surface area contributed by atoms with E-state index in [9.17, 15) is 38.3 Å². The van der Waals surface area contributed by atoms with Crippen LogP contribution in [0.5, 0.6) is 0 Å². The van der Waals surface area contributed by atoms with Crippen LogP contribution in [-0.2, 0) is 43.1 Å².